The van der Waals surface area contributed by atoms with E-state index in [1.807, 2.05) is 0 Å². The molecule has 1 aliphatic rings. The van der Waals surface area contributed by atoms with Gasteiger partial charge in [-0.1, -0.05) is 0 Å². The number of rotatable bonds is 5. The Balaban J connectivity index is 1.49. The zero-order valence-corrected chi connectivity index (χ0v) is 20.1. The highest BCUT2D eigenvalue weighted by atomic mass is 32.2. The monoisotopic (exact) mass is 559 g/mol. The Kier molecular flexibility index (Phi) is 6.41. The number of hydrogen-bond acceptors (Lipinski definition) is 6. The van der Waals surface area contributed by atoms with Crippen molar-refractivity contribution in [1.82, 2.24) is 34.1 Å². The minimum atomic E-state index is -4.90. The molecule has 1 N–H and O–H groups in total. The summed E-state index contributed by atoms with van der Waals surface area (Å²) in [5.74, 6) is 0. The van der Waals surface area contributed by atoms with E-state index in [0.717, 1.165) is 23.1 Å². The average Bonchev–Trinajstić information content (AvgIpc) is 3.53. The summed E-state index contributed by atoms with van der Waals surface area (Å²) in [6, 6.07) is 3.93. The maximum absolute atomic E-state index is 13.7. The SMILES string of the molecule is O=S(=O)(NC1CCCC(n2cnnc2)C1)c1cc(-c2ccc3nc(C(F)(F)F)cn3n2)cc(C(F)(F)F)c1. The van der Waals surface area contributed by atoms with Crippen molar-refractivity contribution in [2.45, 2.75) is 55.0 Å². The van der Waals surface area contributed by atoms with Crippen molar-refractivity contribution in [2.75, 3.05) is 0 Å². The largest absolute Gasteiger partial charge is 0.434 e. The maximum Gasteiger partial charge on any atom is 0.434 e. The molecule has 3 heterocycles. The second-order valence-corrected chi connectivity index (χ2v) is 10.7. The highest BCUT2D eigenvalue weighted by Crippen LogP contribution is 2.35. The highest BCUT2D eigenvalue weighted by Gasteiger charge is 2.35. The van der Waals surface area contributed by atoms with Crippen LogP contribution in [0, 0.1) is 0 Å². The number of hydrogen-bond donors (Lipinski definition) is 1. The summed E-state index contributed by atoms with van der Waals surface area (Å²) in [7, 11) is -4.41. The van der Waals surface area contributed by atoms with Gasteiger partial charge in [0.2, 0.25) is 10.0 Å². The van der Waals surface area contributed by atoms with Crippen LogP contribution in [0.15, 0.2) is 54.1 Å². The van der Waals surface area contributed by atoms with Gasteiger partial charge in [0.15, 0.2) is 11.3 Å². The van der Waals surface area contributed by atoms with Crippen LogP contribution in [0.3, 0.4) is 0 Å². The number of alkyl halides is 6. The predicted molar refractivity (Wildman–Crippen MR) is 120 cm³/mol. The van der Waals surface area contributed by atoms with Gasteiger partial charge in [0.1, 0.15) is 12.7 Å². The van der Waals surface area contributed by atoms with E-state index in [1.165, 1.54) is 18.7 Å². The van der Waals surface area contributed by atoms with Crippen LogP contribution in [0.1, 0.15) is 43.0 Å². The summed E-state index contributed by atoms with van der Waals surface area (Å²) in [6.07, 6.45) is -3.68. The summed E-state index contributed by atoms with van der Waals surface area (Å²) >= 11 is 0. The Morgan fingerprint density at radius 3 is 2.37 bits per heavy atom. The van der Waals surface area contributed by atoms with Crippen molar-refractivity contribution in [3.05, 3.63) is 60.4 Å². The van der Waals surface area contributed by atoms with Crippen molar-refractivity contribution < 1.29 is 34.8 Å². The van der Waals surface area contributed by atoms with Crippen LogP contribution in [-0.4, -0.2) is 43.8 Å². The summed E-state index contributed by atoms with van der Waals surface area (Å²) in [5, 5.41) is 11.4. The van der Waals surface area contributed by atoms with E-state index in [2.05, 4.69) is 25.0 Å². The molecule has 9 nitrogen and oxygen atoms in total. The van der Waals surface area contributed by atoms with E-state index in [9.17, 15) is 34.8 Å². The van der Waals surface area contributed by atoms with Gasteiger partial charge >= 0.3 is 12.4 Å². The molecule has 3 aromatic heterocycles. The molecular weight excluding hydrogens is 540 g/mol. The second-order valence-electron chi connectivity index (χ2n) is 8.94. The third-order valence-electron chi connectivity index (χ3n) is 6.28. The lowest BCUT2D eigenvalue weighted by Gasteiger charge is -2.30. The molecule has 1 saturated carbocycles. The number of nitrogens with zero attached hydrogens (tertiary/aromatic N) is 6. The Morgan fingerprint density at radius 2 is 1.68 bits per heavy atom. The normalized spacial score (nSPS) is 19.2. The highest BCUT2D eigenvalue weighted by molar-refractivity contribution is 7.89. The van der Waals surface area contributed by atoms with E-state index < -0.39 is 44.6 Å². The quantitative estimate of drug-likeness (QED) is 0.361. The third-order valence-corrected chi connectivity index (χ3v) is 7.78. The van der Waals surface area contributed by atoms with Crippen LogP contribution in [0.4, 0.5) is 26.3 Å². The molecule has 5 rings (SSSR count). The molecule has 0 saturated heterocycles. The number of halogens is 6. The maximum atomic E-state index is 13.7. The minimum Gasteiger partial charge on any atom is -0.317 e. The summed E-state index contributed by atoms with van der Waals surface area (Å²) in [6.45, 7) is 0. The van der Waals surface area contributed by atoms with E-state index >= 15 is 0 Å². The lowest BCUT2D eigenvalue weighted by molar-refractivity contribution is -0.141. The Labute approximate surface area is 211 Å². The third kappa shape index (κ3) is 5.36. The number of sulfonamides is 1. The van der Waals surface area contributed by atoms with Crippen LogP contribution in [-0.2, 0) is 22.4 Å². The van der Waals surface area contributed by atoms with Gasteiger partial charge in [-0.2, -0.15) is 31.4 Å². The lowest BCUT2D eigenvalue weighted by atomic mass is 9.91. The van der Waals surface area contributed by atoms with Gasteiger partial charge in [-0.25, -0.2) is 22.6 Å². The van der Waals surface area contributed by atoms with Crippen molar-refractivity contribution in [3.63, 3.8) is 0 Å². The first kappa shape index (κ1) is 26.1. The van der Waals surface area contributed by atoms with Crippen molar-refractivity contribution in [1.29, 1.82) is 0 Å². The van der Waals surface area contributed by atoms with Crippen LogP contribution < -0.4 is 4.72 Å². The predicted octanol–water partition coefficient (Wildman–Crippen LogP) is 4.49. The van der Waals surface area contributed by atoms with Gasteiger partial charge in [-0.3, -0.25) is 0 Å². The molecule has 1 aliphatic carbocycles. The fraction of sp³-hybridized carbons (Fsp3) is 0.364. The summed E-state index contributed by atoms with van der Waals surface area (Å²) in [4.78, 5) is 2.76. The standard InChI is InChI=1S/C22H19F6N7O2S/c23-21(24,25)14-6-13(18-4-5-20-31-19(22(26,27)28)10-35(20)32-18)7-17(8-14)38(36,37)33-15-2-1-3-16(9-15)34-11-29-30-12-34/h4-8,10-12,15-16,33H,1-3,9H2. The average molecular weight is 559 g/mol. The zero-order chi connectivity index (χ0) is 27.3. The van der Waals surface area contributed by atoms with Gasteiger partial charge in [0.25, 0.3) is 0 Å². The van der Waals surface area contributed by atoms with Gasteiger partial charge in [-0.05, 0) is 56.0 Å². The molecule has 16 heteroatoms. The minimum absolute atomic E-state index is 0.0729. The molecule has 0 amide bonds. The van der Waals surface area contributed by atoms with Gasteiger partial charge in [0, 0.05) is 17.6 Å². The molecule has 1 fully saturated rings. The zero-order valence-electron chi connectivity index (χ0n) is 19.3. The number of fused-ring (bicyclic) bond motifs is 1. The van der Waals surface area contributed by atoms with Crippen LogP contribution >= 0.6 is 0 Å². The lowest BCUT2D eigenvalue weighted by Crippen LogP contribution is -2.38. The molecule has 0 radical (unpaired) electrons. The molecule has 1 aromatic carbocycles. The fourth-order valence-corrected chi connectivity index (χ4v) is 5.82. The van der Waals surface area contributed by atoms with E-state index in [1.54, 1.807) is 4.57 Å². The molecule has 0 aliphatic heterocycles. The van der Waals surface area contributed by atoms with E-state index in [4.69, 9.17) is 0 Å². The molecular formula is C22H19F6N7O2S. The summed E-state index contributed by atoms with van der Waals surface area (Å²) in [5.41, 5.74) is -3.06. The van der Waals surface area contributed by atoms with Crippen molar-refractivity contribution in [3.8, 4) is 11.3 Å². The van der Waals surface area contributed by atoms with E-state index in [0.29, 0.717) is 37.6 Å². The summed E-state index contributed by atoms with van der Waals surface area (Å²) < 4.78 is 112. The second kappa shape index (κ2) is 9.34. The first-order valence-electron chi connectivity index (χ1n) is 11.3. The van der Waals surface area contributed by atoms with Gasteiger partial charge in [-0.15, -0.1) is 10.2 Å². The molecule has 38 heavy (non-hydrogen) atoms. The number of benzene rings is 1. The molecule has 4 aromatic rings. The Hall–Kier alpha value is -3.53. The molecule has 2 unspecified atom stereocenters. The molecule has 202 valence electrons. The Morgan fingerprint density at radius 1 is 0.947 bits per heavy atom. The number of nitrogens with one attached hydrogen (secondary N) is 1. The fourth-order valence-electron chi connectivity index (χ4n) is 4.46. The van der Waals surface area contributed by atoms with Crippen molar-refractivity contribution in [2.24, 2.45) is 0 Å². The van der Waals surface area contributed by atoms with E-state index in [-0.39, 0.29) is 22.9 Å². The van der Waals surface area contributed by atoms with Gasteiger partial charge in [0.05, 0.1) is 22.3 Å². The first-order chi connectivity index (χ1) is 17.8. The first-order valence-corrected chi connectivity index (χ1v) is 12.8. The van der Waals surface area contributed by atoms with Crippen LogP contribution in [0.2, 0.25) is 0 Å². The number of imidazole rings is 1. The van der Waals surface area contributed by atoms with Crippen LogP contribution in [0.5, 0.6) is 0 Å². The van der Waals surface area contributed by atoms with Gasteiger partial charge < -0.3 is 4.57 Å². The molecule has 0 bridgehead atoms. The van der Waals surface area contributed by atoms with Crippen LogP contribution in [0.25, 0.3) is 16.9 Å². The smallest absolute Gasteiger partial charge is 0.317 e. The topological polar surface area (TPSA) is 107 Å². The molecule has 2 atom stereocenters. The molecule has 0 spiro atoms. The Bertz CT molecular complexity index is 1570. The van der Waals surface area contributed by atoms with Crippen molar-refractivity contribution >= 4 is 15.7 Å². The number of aromatic nitrogens is 6.